The van der Waals surface area contributed by atoms with E-state index in [-0.39, 0.29) is 17.5 Å². The first-order valence-electron chi connectivity index (χ1n) is 7.91. The lowest BCUT2D eigenvalue weighted by Crippen LogP contribution is -2.30. The molecule has 0 saturated heterocycles. The average molecular weight is 342 g/mol. The maximum atomic E-state index is 13.5. The Bertz CT molecular complexity index is 990. The fraction of sp³-hybridized carbons (Fsp3) is 0.222. The van der Waals surface area contributed by atoms with Crippen molar-refractivity contribution >= 4 is 22.8 Å². The number of fused-ring (bicyclic) bond motifs is 1. The molecule has 0 spiro atoms. The number of urea groups is 1. The molecule has 2 amide bonds. The van der Waals surface area contributed by atoms with Gasteiger partial charge in [0.2, 0.25) is 0 Å². The van der Waals surface area contributed by atoms with Crippen LogP contribution in [0.3, 0.4) is 0 Å². The summed E-state index contributed by atoms with van der Waals surface area (Å²) >= 11 is 0. The van der Waals surface area contributed by atoms with Gasteiger partial charge in [-0.05, 0) is 36.2 Å². The van der Waals surface area contributed by atoms with Crippen LogP contribution >= 0.6 is 0 Å². The van der Waals surface area contributed by atoms with E-state index in [9.17, 15) is 14.0 Å². The van der Waals surface area contributed by atoms with Crippen molar-refractivity contribution < 1.29 is 9.18 Å². The van der Waals surface area contributed by atoms with E-state index in [0.717, 1.165) is 11.0 Å². The normalized spacial score (nSPS) is 10.8. The smallest absolute Gasteiger partial charge is 0.328 e. The van der Waals surface area contributed by atoms with Crippen LogP contribution in [0.2, 0.25) is 0 Å². The summed E-state index contributed by atoms with van der Waals surface area (Å²) in [4.78, 5) is 23.9. The summed E-state index contributed by atoms with van der Waals surface area (Å²) in [5.41, 5.74) is 2.54. The lowest BCUT2D eigenvalue weighted by atomic mass is 10.1. The molecule has 0 saturated carbocycles. The van der Waals surface area contributed by atoms with Crippen molar-refractivity contribution in [1.29, 1.82) is 0 Å². The summed E-state index contributed by atoms with van der Waals surface area (Å²) in [6.45, 7) is 0.318. The van der Waals surface area contributed by atoms with Gasteiger partial charge in [0.25, 0.3) is 0 Å². The van der Waals surface area contributed by atoms with E-state index in [1.165, 1.54) is 10.6 Å². The van der Waals surface area contributed by atoms with Crippen LogP contribution in [0.1, 0.15) is 5.56 Å². The molecule has 2 aromatic carbocycles. The fourth-order valence-corrected chi connectivity index (χ4v) is 2.77. The van der Waals surface area contributed by atoms with Crippen LogP contribution < -0.4 is 16.3 Å². The van der Waals surface area contributed by atoms with Gasteiger partial charge in [-0.25, -0.2) is 14.0 Å². The summed E-state index contributed by atoms with van der Waals surface area (Å²) < 4.78 is 16.6. The van der Waals surface area contributed by atoms with Gasteiger partial charge in [-0.15, -0.1) is 0 Å². The van der Waals surface area contributed by atoms with Crippen LogP contribution in [0.25, 0.3) is 11.0 Å². The highest BCUT2D eigenvalue weighted by Gasteiger charge is 2.09. The largest absolute Gasteiger partial charge is 0.338 e. The van der Waals surface area contributed by atoms with Crippen molar-refractivity contribution in [1.82, 2.24) is 14.5 Å². The first-order chi connectivity index (χ1) is 12.0. The van der Waals surface area contributed by atoms with Crippen LogP contribution in [-0.2, 0) is 20.5 Å². The molecule has 3 aromatic rings. The minimum absolute atomic E-state index is 0.124. The first-order valence-corrected chi connectivity index (χ1v) is 7.91. The van der Waals surface area contributed by atoms with Gasteiger partial charge in [0, 0.05) is 26.3 Å². The molecule has 0 aliphatic carbocycles. The maximum Gasteiger partial charge on any atom is 0.328 e. The molecule has 0 radical (unpaired) electrons. The van der Waals surface area contributed by atoms with Crippen molar-refractivity contribution in [2.45, 2.75) is 6.42 Å². The second-order valence-corrected chi connectivity index (χ2v) is 5.83. The Morgan fingerprint density at radius 1 is 1.08 bits per heavy atom. The molecule has 2 N–H and O–H groups in total. The van der Waals surface area contributed by atoms with Gasteiger partial charge in [0.15, 0.2) is 0 Å². The van der Waals surface area contributed by atoms with Crippen molar-refractivity contribution in [2.75, 3.05) is 11.9 Å². The van der Waals surface area contributed by atoms with Crippen molar-refractivity contribution in [3.8, 4) is 0 Å². The van der Waals surface area contributed by atoms with E-state index < -0.39 is 0 Å². The standard InChI is InChI=1S/C18H19FN4O2/c1-22-15-8-7-13(11-16(15)23(2)18(22)25)21-17(24)20-10-9-12-5-3-4-6-14(12)19/h3-8,11H,9-10H2,1-2H3,(H2,20,21,24). The van der Waals surface area contributed by atoms with Gasteiger partial charge in [-0.2, -0.15) is 0 Å². The first kappa shape index (κ1) is 16.8. The Morgan fingerprint density at radius 2 is 1.80 bits per heavy atom. The maximum absolute atomic E-state index is 13.5. The Hall–Kier alpha value is -3.09. The number of hydrogen-bond acceptors (Lipinski definition) is 2. The predicted molar refractivity (Wildman–Crippen MR) is 95.3 cm³/mol. The van der Waals surface area contributed by atoms with Crippen LogP contribution in [0.15, 0.2) is 47.3 Å². The molecule has 130 valence electrons. The van der Waals surface area contributed by atoms with E-state index in [1.807, 2.05) is 0 Å². The Morgan fingerprint density at radius 3 is 2.56 bits per heavy atom. The molecular formula is C18H19FN4O2. The second-order valence-electron chi connectivity index (χ2n) is 5.83. The van der Waals surface area contributed by atoms with Gasteiger partial charge in [0.05, 0.1) is 11.0 Å². The minimum atomic E-state index is -0.378. The Labute approximate surface area is 143 Å². The molecule has 6 nitrogen and oxygen atoms in total. The van der Waals surface area contributed by atoms with Gasteiger partial charge >= 0.3 is 11.7 Å². The molecule has 25 heavy (non-hydrogen) atoms. The number of aryl methyl sites for hydroxylation is 2. The number of anilines is 1. The summed E-state index contributed by atoms with van der Waals surface area (Å²) in [5, 5.41) is 5.42. The third kappa shape index (κ3) is 3.40. The topological polar surface area (TPSA) is 68.1 Å². The number of amides is 2. The quantitative estimate of drug-likeness (QED) is 0.764. The van der Waals surface area contributed by atoms with Crippen LogP contribution in [0.4, 0.5) is 14.9 Å². The Balaban J connectivity index is 1.63. The molecule has 0 atom stereocenters. The number of benzene rings is 2. The van der Waals surface area contributed by atoms with Gasteiger partial charge in [-0.3, -0.25) is 9.13 Å². The number of nitrogens with one attached hydrogen (secondary N) is 2. The summed E-state index contributed by atoms with van der Waals surface area (Å²) in [6.07, 6.45) is 0.409. The zero-order chi connectivity index (χ0) is 18.0. The molecule has 3 rings (SSSR count). The summed E-state index contributed by atoms with van der Waals surface area (Å²) in [7, 11) is 3.39. The second kappa shape index (κ2) is 6.80. The van der Waals surface area contributed by atoms with Crippen molar-refractivity contribution in [3.05, 3.63) is 64.3 Å². The number of aromatic nitrogens is 2. The number of nitrogens with zero attached hydrogens (tertiary/aromatic N) is 2. The molecule has 1 aromatic heterocycles. The zero-order valence-corrected chi connectivity index (χ0v) is 14.0. The number of carbonyl (C=O) groups excluding carboxylic acids is 1. The lowest BCUT2D eigenvalue weighted by Gasteiger charge is -2.08. The van der Waals surface area contributed by atoms with E-state index in [2.05, 4.69) is 10.6 Å². The van der Waals surface area contributed by atoms with Gasteiger partial charge in [0.1, 0.15) is 5.82 Å². The number of carbonyl (C=O) groups is 1. The fourth-order valence-electron chi connectivity index (χ4n) is 2.77. The third-order valence-electron chi connectivity index (χ3n) is 4.17. The Kier molecular flexibility index (Phi) is 4.56. The van der Waals surface area contributed by atoms with Crippen LogP contribution in [0, 0.1) is 5.82 Å². The van der Waals surface area contributed by atoms with Crippen LogP contribution in [-0.4, -0.2) is 21.7 Å². The van der Waals surface area contributed by atoms with E-state index in [1.54, 1.807) is 55.1 Å². The molecule has 1 heterocycles. The molecule has 0 bridgehead atoms. The van der Waals surface area contributed by atoms with E-state index >= 15 is 0 Å². The number of rotatable bonds is 4. The number of hydrogen-bond donors (Lipinski definition) is 2. The highest BCUT2D eigenvalue weighted by molar-refractivity contribution is 5.92. The lowest BCUT2D eigenvalue weighted by molar-refractivity contribution is 0.252. The monoisotopic (exact) mass is 342 g/mol. The molecule has 0 fully saturated rings. The average Bonchev–Trinajstić information content (AvgIpc) is 2.81. The van der Waals surface area contributed by atoms with Crippen molar-refractivity contribution in [3.63, 3.8) is 0 Å². The van der Waals surface area contributed by atoms with Gasteiger partial charge in [-0.1, -0.05) is 18.2 Å². The summed E-state index contributed by atoms with van der Waals surface area (Å²) in [5.74, 6) is -0.278. The molecule has 7 heteroatoms. The highest BCUT2D eigenvalue weighted by Crippen LogP contribution is 2.17. The van der Waals surface area contributed by atoms with Crippen molar-refractivity contribution in [2.24, 2.45) is 14.1 Å². The third-order valence-corrected chi connectivity index (χ3v) is 4.17. The SMILES string of the molecule is Cn1c(=O)n(C)c2cc(NC(=O)NCCc3ccccc3F)ccc21. The highest BCUT2D eigenvalue weighted by atomic mass is 19.1. The number of imidazole rings is 1. The van der Waals surface area contributed by atoms with Crippen LogP contribution in [0.5, 0.6) is 0 Å². The van der Waals surface area contributed by atoms with Gasteiger partial charge < -0.3 is 10.6 Å². The molecule has 0 aliphatic rings. The minimum Gasteiger partial charge on any atom is -0.338 e. The zero-order valence-electron chi connectivity index (χ0n) is 14.0. The number of halogens is 1. The molecular weight excluding hydrogens is 323 g/mol. The molecule has 0 aliphatic heterocycles. The molecule has 0 unspecified atom stereocenters. The van der Waals surface area contributed by atoms with E-state index in [4.69, 9.17) is 0 Å². The predicted octanol–water partition coefficient (Wildman–Crippen LogP) is 2.38. The van der Waals surface area contributed by atoms with E-state index in [0.29, 0.717) is 24.2 Å². The summed E-state index contributed by atoms with van der Waals surface area (Å²) in [6, 6.07) is 11.4.